The van der Waals surface area contributed by atoms with Crippen molar-refractivity contribution < 1.29 is 19.2 Å². The lowest BCUT2D eigenvalue weighted by molar-refractivity contribution is -0.121. The van der Waals surface area contributed by atoms with Gasteiger partial charge in [-0.3, -0.25) is 40.9 Å². The van der Waals surface area contributed by atoms with E-state index in [4.69, 9.17) is 0 Å². The molecule has 8 nitrogen and oxygen atoms in total. The molecule has 0 heterocycles. The molecule has 0 aliphatic rings. The van der Waals surface area contributed by atoms with Gasteiger partial charge in [0.25, 0.3) is 23.6 Å². The Morgan fingerprint density at radius 2 is 1.00 bits per heavy atom. The van der Waals surface area contributed by atoms with Crippen LogP contribution in [0.1, 0.15) is 34.6 Å². The van der Waals surface area contributed by atoms with Crippen molar-refractivity contribution in [2.45, 2.75) is 23.5 Å². The summed E-state index contributed by atoms with van der Waals surface area (Å²) in [6.07, 6.45) is 0. The van der Waals surface area contributed by atoms with E-state index in [1.807, 2.05) is 0 Å². The highest BCUT2D eigenvalue weighted by atomic mass is 79.9. The van der Waals surface area contributed by atoms with E-state index in [-0.39, 0.29) is 11.1 Å². The molecule has 0 aromatic heterocycles. The zero-order valence-electron chi connectivity index (χ0n) is 12.9. The molecule has 4 amide bonds. The average molecular weight is 464 g/mol. The van der Waals surface area contributed by atoms with Crippen LogP contribution in [0.2, 0.25) is 0 Å². The topological polar surface area (TPSA) is 116 Å². The fraction of sp³-hybridized carbons (Fsp3) is 0.286. The van der Waals surface area contributed by atoms with Crippen molar-refractivity contribution in [2.75, 3.05) is 0 Å². The molecule has 1 rings (SSSR count). The molecule has 130 valence electrons. The second-order valence-corrected chi connectivity index (χ2v) is 7.44. The van der Waals surface area contributed by atoms with Crippen molar-refractivity contribution in [3.05, 3.63) is 35.4 Å². The normalized spacial score (nSPS) is 12.5. The van der Waals surface area contributed by atoms with Crippen LogP contribution in [-0.4, -0.2) is 33.3 Å². The molecule has 2 atom stereocenters. The highest BCUT2D eigenvalue weighted by Crippen LogP contribution is 2.04. The Kier molecular flexibility index (Phi) is 7.86. The van der Waals surface area contributed by atoms with Crippen molar-refractivity contribution in [3.63, 3.8) is 0 Å². The Morgan fingerprint density at radius 3 is 1.25 bits per heavy atom. The van der Waals surface area contributed by atoms with Gasteiger partial charge in [-0.2, -0.15) is 0 Å². The van der Waals surface area contributed by atoms with Crippen molar-refractivity contribution >= 4 is 55.5 Å². The first-order valence-corrected chi connectivity index (χ1v) is 8.64. The molecule has 0 unspecified atom stereocenters. The molecule has 10 heteroatoms. The van der Waals surface area contributed by atoms with E-state index in [0.717, 1.165) is 0 Å². The smallest absolute Gasteiger partial charge is 0.269 e. The van der Waals surface area contributed by atoms with Gasteiger partial charge in [0.1, 0.15) is 0 Å². The number of hydrazine groups is 2. The van der Waals surface area contributed by atoms with Gasteiger partial charge in [0.2, 0.25) is 0 Å². The SMILES string of the molecule is C[C@@H](Br)C(=O)NNC(=O)c1ccc(C(=O)NNC(=O)[C@@H](C)Br)cc1. The van der Waals surface area contributed by atoms with Crippen molar-refractivity contribution in [2.24, 2.45) is 0 Å². The number of hydrogen-bond acceptors (Lipinski definition) is 4. The van der Waals surface area contributed by atoms with E-state index >= 15 is 0 Å². The van der Waals surface area contributed by atoms with Crippen LogP contribution < -0.4 is 21.7 Å². The number of carbonyl (C=O) groups excluding carboxylic acids is 4. The van der Waals surface area contributed by atoms with Gasteiger partial charge in [-0.15, -0.1) is 0 Å². The highest BCUT2D eigenvalue weighted by molar-refractivity contribution is 9.10. The first-order valence-electron chi connectivity index (χ1n) is 6.81. The van der Waals surface area contributed by atoms with Gasteiger partial charge in [-0.25, -0.2) is 0 Å². The van der Waals surface area contributed by atoms with Gasteiger partial charge in [0.15, 0.2) is 0 Å². The maximum absolute atomic E-state index is 11.8. The van der Waals surface area contributed by atoms with Crippen molar-refractivity contribution in [1.82, 2.24) is 21.7 Å². The third-order valence-electron chi connectivity index (χ3n) is 2.73. The number of hydrogen-bond donors (Lipinski definition) is 4. The van der Waals surface area contributed by atoms with Gasteiger partial charge < -0.3 is 0 Å². The predicted octanol–water partition coefficient (Wildman–Crippen LogP) is 0.775. The summed E-state index contributed by atoms with van der Waals surface area (Å²) in [6, 6.07) is 5.68. The lowest BCUT2D eigenvalue weighted by Crippen LogP contribution is -2.44. The van der Waals surface area contributed by atoms with E-state index in [1.165, 1.54) is 24.3 Å². The van der Waals surface area contributed by atoms with Gasteiger partial charge >= 0.3 is 0 Å². The lowest BCUT2D eigenvalue weighted by atomic mass is 10.1. The van der Waals surface area contributed by atoms with E-state index in [0.29, 0.717) is 0 Å². The number of halogens is 2. The fourth-order valence-electron chi connectivity index (χ4n) is 1.35. The van der Waals surface area contributed by atoms with Crippen molar-refractivity contribution in [3.8, 4) is 0 Å². The minimum absolute atomic E-state index is 0.257. The number of alkyl halides is 2. The first kappa shape index (κ1) is 20.1. The molecular formula is C14H16Br2N4O4. The minimum atomic E-state index is -0.523. The van der Waals surface area contributed by atoms with Gasteiger partial charge in [0.05, 0.1) is 9.65 Å². The van der Waals surface area contributed by atoms with Gasteiger partial charge in [0, 0.05) is 11.1 Å². The summed E-state index contributed by atoms with van der Waals surface area (Å²) in [5.41, 5.74) is 9.50. The quantitative estimate of drug-likeness (QED) is 0.390. The molecule has 24 heavy (non-hydrogen) atoms. The Hall–Kier alpha value is -1.94. The maximum atomic E-state index is 11.8. The molecule has 0 aliphatic carbocycles. The summed E-state index contributed by atoms with van der Waals surface area (Å²) in [6.45, 7) is 3.23. The van der Waals surface area contributed by atoms with E-state index in [1.54, 1.807) is 13.8 Å². The Bertz CT molecular complexity index is 577. The van der Waals surface area contributed by atoms with Crippen LogP contribution >= 0.6 is 31.9 Å². The number of carbonyl (C=O) groups is 4. The molecule has 0 aliphatic heterocycles. The second kappa shape index (κ2) is 9.38. The van der Waals surface area contributed by atoms with Gasteiger partial charge in [-0.1, -0.05) is 31.9 Å². The molecule has 1 aromatic carbocycles. The largest absolute Gasteiger partial charge is 0.272 e. The fourth-order valence-corrected chi connectivity index (χ4v) is 1.58. The van der Waals surface area contributed by atoms with E-state index < -0.39 is 33.3 Å². The Morgan fingerprint density at radius 1 is 0.708 bits per heavy atom. The maximum Gasteiger partial charge on any atom is 0.269 e. The zero-order valence-corrected chi connectivity index (χ0v) is 16.0. The number of benzene rings is 1. The number of nitrogens with one attached hydrogen (secondary N) is 4. The van der Waals surface area contributed by atoms with E-state index in [9.17, 15) is 19.2 Å². The average Bonchev–Trinajstić information content (AvgIpc) is 2.56. The molecule has 0 bridgehead atoms. The summed E-state index contributed by atoms with van der Waals surface area (Å²) in [4.78, 5) is 45.5. The Balaban J connectivity index is 2.58. The number of amides is 4. The third-order valence-corrected chi connectivity index (χ3v) is 3.56. The third kappa shape index (κ3) is 6.28. The molecule has 0 saturated heterocycles. The molecule has 4 N–H and O–H groups in total. The molecule has 0 spiro atoms. The molecule has 0 fully saturated rings. The van der Waals surface area contributed by atoms with Crippen LogP contribution in [0.4, 0.5) is 0 Å². The predicted molar refractivity (Wildman–Crippen MR) is 94.4 cm³/mol. The van der Waals surface area contributed by atoms with Crippen LogP contribution in [0.5, 0.6) is 0 Å². The zero-order chi connectivity index (χ0) is 18.3. The first-order chi connectivity index (χ1) is 11.2. The highest BCUT2D eigenvalue weighted by Gasteiger charge is 2.13. The van der Waals surface area contributed by atoms with Crippen LogP contribution in [0, 0.1) is 0 Å². The molecule has 0 saturated carbocycles. The lowest BCUT2D eigenvalue weighted by Gasteiger charge is -2.10. The van der Waals surface area contributed by atoms with Crippen LogP contribution in [-0.2, 0) is 9.59 Å². The second-order valence-electron chi connectivity index (χ2n) is 4.70. The summed E-state index contributed by atoms with van der Waals surface area (Å²) >= 11 is 6.13. The summed E-state index contributed by atoms with van der Waals surface area (Å²) in [5, 5.41) is 0. The monoisotopic (exact) mass is 462 g/mol. The van der Waals surface area contributed by atoms with Crippen molar-refractivity contribution in [1.29, 1.82) is 0 Å². The van der Waals surface area contributed by atoms with E-state index in [2.05, 4.69) is 53.6 Å². The summed E-state index contributed by atoms with van der Waals surface area (Å²) < 4.78 is 0. The number of rotatable bonds is 4. The minimum Gasteiger partial charge on any atom is -0.272 e. The van der Waals surface area contributed by atoms with Crippen LogP contribution in [0.25, 0.3) is 0 Å². The Labute approximate surface area is 155 Å². The van der Waals surface area contributed by atoms with Gasteiger partial charge in [-0.05, 0) is 38.1 Å². The summed E-state index contributed by atoms with van der Waals surface area (Å²) in [5.74, 6) is -1.83. The molecule has 0 radical (unpaired) electrons. The standard InChI is InChI=1S/C14H16Br2N4O4/c1-7(15)11(21)17-19-13(23)9-3-5-10(6-4-9)14(24)20-18-12(22)8(2)16/h3-8H,1-2H3,(H,17,21)(H,18,22)(H,19,23)(H,20,24)/t7-,8-/m1/s1. The van der Waals surface area contributed by atoms with Crippen LogP contribution in [0.15, 0.2) is 24.3 Å². The molecular weight excluding hydrogens is 448 g/mol. The molecule has 1 aromatic rings. The van der Waals surface area contributed by atoms with Crippen LogP contribution in [0.3, 0.4) is 0 Å². The summed E-state index contributed by atoms with van der Waals surface area (Å²) in [7, 11) is 0.